The van der Waals surface area contributed by atoms with E-state index in [2.05, 4.69) is 26.5 Å². The molecule has 0 radical (unpaired) electrons. The average Bonchev–Trinajstić information content (AvgIpc) is 2.41. The van der Waals surface area contributed by atoms with Gasteiger partial charge in [0.15, 0.2) is 0 Å². The number of nitrogens with one attached hydrogen (secondary N) is 1. The Morgan fingerprint density at radius 1 is 1.16 bits per heavy atom. The first-order valence-corrected chi connectivity index (χ1v) is 6.68. The number of halogens is 2. The summed E-state index contributed by atoms with van der Waals surface area (Å²) in [6.07, 6.45) is 1.51. The number of nitrogens with zero attached hydrogens (tertiary/aromatic N) is 1. The third kappa shape index (κ3) is 3.66. The van der Waals surface area contributed by atoms with E-state index >= 15 is 0 Å². The first-order chi connectivity index (χ1) is 9.18. The number of hydrazone groups is 1. The van der Waals surface area contributed by atoms with Crippen molar-refractivity contribution < 1.29 is 4.79 Å². The molecule has 1 N–H and O–H groups in total. The van der Waals surface area contributed by atoms with Gasteiger partial charge in [0.1, 0.15) is 0 Å². The van der Waals surface area contributed by atoms with E-state index in [0.717, 1.165) is 10.0 Å². The van der Waals surface area contributed by atoms with Gasteiger partial charge in [-0.2, -0.15) is 5.10 Å². The molecule has 1 amide bonds. The predicted molar refractivity (Wildman–Crippen MR) is 80.7 cm³/mol. The lowest BCUT2D eigenvalue weighted by Gasteiger charge is -2.02. The van der Waals surface area contributed by atoms with Crippen LogP contribution in [0.2, 0.25) is 5.02 Å². The summed E-state index contributed by atoms with van der Waals surface area (Å²) in [5.41, 5.74) is 3.73. The molecule has 0 fully saturated rings. The molecular formula is C14H10BrClN2O. The van der Waals surface area contributed by atoms with Crippen LogP contribution in [0.25, 0.3) is 0 Å². The highest BCUT2D eigenvalue weighted by Crippen LogP contribution is 2.15. The molecule has 2 aromatic carbocycles. The zero-order chi connectivity index (χ0) is 13.7. The van der Waals surface area contributed by atoms with E-state index < -0.39 is 0 Å². The van der Waals surface area contributed by atoms with Crippen LogP contribution in [0.3, 0.4) is 0 Å². The molecule has 5 heteroatoms. The summed E-state index contributed by atoms with van der Waals surface area (Å²) in [5.74, 6) is -0.282. The third-order valence-electron chi connectivity index (χ3n) is 2.39. The molecule has 0 heterocycles. The lowest BCUT2D eigenvalue weighted by molar-refractivity contribution is 0.0954. The van der Waals surface area contributed by atoms with E-state index in [4.69, 9.17) is 11.6 Å². The van der Waals surface area contributed by atoms with Crippen molar-refractivity contribution in [3.05, 3.63) is 69.2 Å². The molecule has 0 aromatic heterocycles. The summed E-state index contributed by atoms with van der Waals surface area (Å²) >= 11 is 9.28. The molecule has 3 nitrogen and oxygen atoms in total. The lowest BCUT2D eigenvalue weighted by atomic mass is 10.2. The summed E-state index contributed by atoms with van der Waals surface area (Å²) in [6.45, 7) is 0. The molecule has 96 valence electrons. The normalized spacial score (nSPS) is 10.6. The number of amides is 1. The molecule has 0 atom stereocenters. The van der Waals surface area contributed by atoms with Gasteiger partial charge in [-0.15, -0.1) is 0 Å². The molecule has 19 heavy (non-hydrogen) atoms. The maximum Gasteiger partial charge on any atom is 0.272 e. The van der Waals surface area contributed by atoms with Crippen LogP contribution in [0.15, 0.2) is 58.1 Å². The van der Waals surface area contributed by atoms with Crippen molar-refractivity contribution in [2.75, 3.05) is 0 Å². The van der Waals surface area contributed by atoms with Crippen LogP contribution in [-0.2, 0) is 0 Å². The van der Waals surface area contributed by atoms with Crippen LogP contribution >= 0.6 is 27.5 Å². The minimum atomic E-state index is -0.282. The number of carbonyl (C=O) groups excluding carboxylic acids is 1. The fourth-order valence-electron chi connectivity index (χ4n) is 1.45. The van der Waals surface area contributed by atoms with Gasteiger partial charge >= 0.3 is 0 Å². The molecule has 2 aromatic rings. The van der Waals surface area contributed by atoms with Gasteiger partial charge < -0.3 is 0 Å². The molecule has 0 saturated carbocycles. The molecule has 0 bridgehead atoms. The SMILES string of the molecule is O=C(N/N=C\c1ccccc1Cl)c1ccccc1Br. The van der Waals surface area contributed by atoms with Gasteiger partial charge in [0.2, 0.25) is 0 Å². The second kappa shape index (κ2) is 6.50. The molecule has 0 aliphatic carbocycles. The fraction of sp³-hybridized carbons (Fsp3) is 0. The maximum atomic E-state index is 11.9. The highest BCUT2D eigenvalue weighted by molar-refractivity contribution is 9.10. The lowest BCUT2D eigenvalue weighted by Crippen LogP contribution is -2.18. The zero-order valence-corrected chi connectivity index (χ0v) is 12.1. The quantitative estimate of drug-likeness (QED) is 0.670. The van der Waals surface area contributed by atoms with Crippen LogP contribution in [0.1, 0.15) is 15.9 Å². The number of hydrogen-bond acceptors (Lipinski definition) is 2. The first-order valence-electron chi connectivity index (χ1n) is 5.51. The summed E-state index contributed by atoms with van der Waals surface area (Å²) in [5, 5.41) is 4.47. The van der Waals surface area contributed by atoms with Gasteiger partial charge in [0.25, 0.3) is 5.91 Å². The third-order valence-corrected chi connectivity index (χ3v) is 3.43. The predicted octanol–water partition coefficient (Wildman–Crippen LogP) is 3.87. The Morgan fingerprint density at radius 3 is 2.58 bits per heavy atom. The van der Waals surface area contributed by atoms with Crippen molar-refractivity contribution in [3.63, 3.8) is 0 Å². The molecule has 0 unspecified atom stereocenters. The van der Waals surface area contributed by atoms with Crippen molar-refractivity contribution in [2.24, 2.45) is 5.10 Å². The average molecular weight is 338 g/mol. The summed E-state index contributed by atoms with van der Waals surface area (Å²) in [7, 11) is 0. The molecule has 0 spiro atoms. The van der Waals surface area contributed by atoms with Crippen molar-refractivity contribution >= 4 is 39.7 Å². The van der Waals surface area contributed by atoms with Gasteiger partial charge in [-0.05, 0) is 34.1 Å². The van der Waals surface area contributed by atoms with E-state index in [-0.39, 0.29) is 5.91 Å². The van der Waals surface area contributed by atoms with Gasteiger partial charge in [0.05, 0.1) is 11.8 Å². The Morgan fingerprint density at radius 2 is 1.84 bits per heavy atom. The van der Waals surface area contributed by atoms with Crippen molar-refractivity contribution in [2.45, 2.75) is 0 Å². The van der Waals surface area contributed by atoms with Crippen molar-refractivity contribution in [1.82, 2.24) is 5.43 Å². The minimum Gasteiger partial charge on any atom is -0.267 e. The van der Waals surface area contributed by atoms with E-state index in [9.17, 15) is 4.79 Å². The zero-order valence-electron chi connectivity index (χ0n) is 9.81. The highest BCUT2D eigenvalue weighted by atomic mass is 79.9. The van der Waals surface area contributed by atoms with Crippen molar-refractivity contribution in [3.8, 4) is 0 Å². The second-order valence-electron chi connectivity index (χ2n) is 3.70. The number of hydrogen-bond donors (Lipinski definition) is 1. The Balaban J connectivity index is 2.06. The van der Waals surface area contributed by atoms with Gasteiger partial charge in [-0.25, -0.2) is 5.43 Å². The molecule has 0 aliphatic rings. The number of rotatable bonds is 3. The highest BCUT2D eigenvalue weighted by Gasteiger charge is 2.07. The van der Waals surface area contributed by atoms with Crippen LogP contribution in [0, 0.1) is 0 Å². The number of benzene rings is 2. The van der Waals surface area contributed by atoms with E-state index in [1.807, 2.05) is 24.3 Å². The van der Waals surface area contributed by atoms with Crippen LogP contribution in [0.4, 0.5) is 0 Å². The Bertz CT molecular complexity index is 628. The fourth-order valence-corrected chi connectivity index (χ4v) is 2.10. The smallest absolute Gasteiger partial charge is 0.267 e. The molecular weight excluding hydrogens is 328 g/mol. The monoisotopic (exact) mass is 336 g/mol. The van der Waals surface area contributed by atoms with Crippen LogP contribution in [0.5, 0.6) is 0 Å². The maximum absolute atomic E-state index is 11.9. The Hall–Kier alpha value is -1.65. The number of carbonyl (C=O) groups is 1. The summed E-state index contributed by atoms with van der Waals surface area (Å²) in [6, 6.07) is 14.4. The summed E-state index contributed by atoms with van der Waals surface area (Å²) < 4.78 is 0.723. The van der Waals surface area contributed by atoms with E-state index in [1.54, 1.807) is 24.3 Å². The second-order valence-corrected chi connectivity index (χ2v) is 4.96. The summed E-state index contributed by atoms with van der Waals surface area (Å²) in [4.78, 5) is 11.9. The Labute approximate surface area is 124 Å². The topological polar surface area (TPSA) is 41.5 Å². The first kappa shape index (κ1) is 13.8. The van der Waals surface area contributed by atoms with Crippen LogP contribution < -0.4 is 5.43 Å². The minimum absolute atomic E-state index is 0.282. The molecule has 0 aliphatic heterocycles. The largest absolute Gasteiger partial charge is 0.272 e. The van der Waals surface area contributed by atoms with Gasteiger partial charge in [-0.3, -0.25) is 4.79 Å². The van der Waals surface area contributed by atoms with Gasteiger partial charge in [-0.1, -0.05) is 41.9 Å². The van der Waals surface area contributed by atoms with E-state index in [1.165, 1.54) is 6.21 Å². The van der Waals surface area contributed by atoms with Crippen molar-refractivity contribution in [1.29, 1.82) is 0 Å². The Kier molecular flexibility index (Phi) is 4.71. The molecule has 2 rings (SSSR count). The van der Waals surface area contributed by atoms with Crippen LogP contribution in [-0.4, -0.2) is 12.1 Å². The van der Waals surface area contributed by atoms with E-state index in [0.29, 0.717) is 10.6 Å². The standard InChI is InChI=1S/C14H10BrClN2O/c15-12-7-3-2-6-11(12)14(19)18-17-9-10-5-1-4-8-13(10)16/h1-9H,(H,18,19)/b17-9-. The molecule has 0 saturated heterocycles. The van der Waals surface area contributed by atoms with Gasteiger partial charge in [0, 0.05) is 15.1 Å².